The van der Waals surface area contributed by atoms with E-state index in [1.165, 1.54) is 12.1 Å². The average Bonchev–Trinajstić information content (AvgIpc) is 2.36. The zero-order valence-corrected chi connectivity index (χ0v) is 13.6. The lowest BCUT2D eigenvalue weighted by Crippen LogP contribution is -2.40. The second-order valence-corrected chi connectivity index (χ2v) is 7.80. The Morgan fingerprint density at radius 2 is 1.90 bits per heavy atom. The molecular formula is C13H18BrFN2O2S. The molecular weight excluding hydrogens is 347 g/mol. The van der Waals surface area contributed by atoms with Gasteiger partial charge in [0.05, 0.1) is 9.37 Å². The quantitative estimate of drug-likeness (QED) is 0.864. The lowest BCUT2D eigenvalue weighted by Gasteiger charge is -2.26. The van der Waals surface area contributed by atoms with E-state index < -0.39 is 15.8 Å². The molecule has 0 atom stereocenters. The fourth-order valence-electron chi connectivity index (χ4n) is 2.44. The maximum absolute atomic E-state index is 13.4. The fraction of sp³-hybridized carbons (Fsp3) is 0.538. The summed E-state index contributed by atoms with van der Waals surface area (Å²) in [4.78, 5) is 0.112. The minimum absolute atomic E-state index is 0.0944. The van der Waals surface area contributed by atoms with Crippen LogP contribution in [0.3, 0.4) is 0 Å². The second-order valence-electron chi connectivity index (χ2n) is 5.26. The van der Waals surface area contributed by atoms with E-state index in [1.807, 2.05) is 0 Å². The van der Waals surface area contributed by atoms with Crippen molar-refractivity contribution in [1.29, 1.82) is 0 Å². The molecule has 0 saturated heterocycles. The van der Waals surface area contributed by atoms with Crippen LogP contribution in [0.4, 0.5) is 4.39 Å². The van der Waals surface area contributed by atoms with Crippen LogP contribution in [0.2, 0.25) is 0 Å². The van der Waals surface area contributed by atoms with Crippen molar-refractivity contribution in [3.05, 3.63) is 28.0 Å². The largest absolute Gasteiger partial charge is 0.328 e. The van der Waals surface area contributed by atoms with E-state index in [1.54, 1.807) is 6.92 Å². The van der Waals surface area contributed by atoms with Crippen molar-refractivity contribution in [1.82, 2.24) is 4.72 Å². The third-order valence-electron chi connectivity index (χ3n) is 3.60. The molecule has 0 unspecified atom stereocenters. The maximum atomic E-state index is 13.4. The Morgan fingerprint density at radius 3 is 2.50 bits per heavy atom. The van der Waals surface area contributed by atoms with Crippen LogP contribution >= 0.6 is 15.9 Å². The summed E-state index contributed by atoms with van der Waals surface area (Å²) in [6, 6.07) is 2.59. The van der Waals surface area contributed by atoms with Crippen molar-refractivity contribution in [2.75, 3.05) is 0 Å². The average molecular weight is 365 g/mol. The number of halogens is 2. The summed E-state index contributed by atoms with van der Waals surface area (Å²) in [7, 11) is -3.63. The van der Waals surface area contributed by atoms with Crippen molar-refractivity contribution in [2.24, 2.45) is 5.73 Å². The highest BCUT2D eigenvalue weighted by atomic mass is 79.9. The highest BCUT2D eigenvalue weighted by molar-refractivity contribution is 9.10. The van der Waals surface area contributed by atoms with E-state index in [4.69, 9.17) is 5.73 Å². The minimum Gasteiger partial charge on any atom is -0.328 e. The van der Waals surface area contributed by atoms with Gasteiger partial charge in [0.15, 0.2) is 0 Å². The van der Waals surface area contributed by atoms with Crippen LogP contribution in [0, 0.1) is 12.7 Å². The van der Waals surface area contributed by atoms with Crippen LogP contribution in [0.5, 0.6) is 0 Å². The Labute approximate surface area is 127 Å². The molecule has 0 spiro atoms. The Kier molecular flexibility index (Phi) is 4.84. The number of aryl methyl sites for hydroxylation is 1. The van der Waals surface area contributed by atoms with Gasteiger partial charge in [-0.2, -0.15) is 0 Å². The van der Waals surface area contributed by atoms with Crippen molar-refractivity contribution in [3.8, 4) is 0 Å². The summed E-state index contributed by atoms with van der Waals surface area (Å²) < 4.78 is 41.0. The monoisotopic (exact) mass is 364 g/mol. The van der Waals surface area contributed by atoms with Gasteiger partial charge in [-0.05, 0) is 66.2 Å². The first-order valence-corrected chi connectivity index (χ1v) is 8.81. The highest BCUT2D eigenvalue weighted by Gasteiger charge is 2.26. The fourth-order valence-corrected chi connectivity index (χ4v) is 4.49. The van der Waals surface area contributed by atoms with Crippen LogP contribution in [-0.4, -0.2) is 20.5 Å². The van der Waals surface area contributed by atoms with E-state index in [0.717, 1.165) is 25.7 Å². The lowest BCUT2D eigenvalue weighted by atomic mass is 9.93. The molecule has 1 aliphatic carbocycles. The predicted molar refractivity (Wildman–Crippen MR) is 79.4 cm³/mol. The zero-order chi connectivity index (χ0) is 14.9. The molecule has 1 aromatic rings. The van der Waals surface area contributed by atoms with E-state index >= 15 is 0 Å². The summed E-state index contributed by atoms with van der Waals surface area (Å²) in [6.07, 6.45) is 3.11. The van der Waals surface area contributed by atoms with Crippen molar-refractivity contribution >= 4 is 26.0 Å². The Bertz CT molecular complexity index is 599. The molecule has 1 fully saturated rings. The summed E-state index contributed by atoms with van der Waals surface area (Å²) in [5.74, 6) is -0.468. The number of sulfonamides is 1. The third kappa shape index (κ3) is 3.58. The van der Waals surface area contributed by atoms with Crippen LogP contribution in [0.15, 0.2) is 21.5 Å². The summed E-state index contributed by atoms with van der Waals surface area (Å²) >= 11 is 3.02. The molecule has 0 bridgehead atoms. The number of nitrogens with two attached hydrogens (primary N) is 1. The molecule has 0 aromatic heterocycles. The molecule has 1 saturated carbocycles. The van der Waals surface area contributed by atoms with E-state index in [-0.39, 0.29) is 21.5 Å². The van der Waals surface area contributed by atoms with Crippen LogP contribution < -0.4 is 10.5 Å². The van der Waals surface area contributed by atoms with Gasteiger partial charge < -0.3 is 5.73 Å². The number of hydrogen-bond acceptors (Lipinski definition) is 3. The molecule has 20 heavy (non-hydrogen) atoms. The van der Waals surface area contributed by atoms with Crippen LogP contribution in [0.1, 0.15) is 31.2 Å². The van der Waals surface area contributed by atoms with E-state index in [0.29, 0.717) is 5.56 Å². The smallest absolute Gasteiger partial charge is 0.241 e. The first-order chi connectivity index (χ1) is 9.29. The topological polar surface area (TPSA) is 72.2 Å². The zero-order valence-electron chi connectivity index (χ0n) is 11.2. The van der Waals surface area contributed by atoms with Gasteiger partial charge in [0.1, 0.15) is 5.82 Å². The highest BCUT2D eigenvalue weighted by Crippen LogP contribution is 2.25. The standard InChI is InChI=1S/C13H18BrFN2O2S/c1-8-6-12(15)11(14)7-13(8)20(18,19)17-10-4-2-9(16)3-5-10/h6-7,9-10,17H,2-5,16H2,1H3. The summed E-state index contributed by atoms with van der Waals surface area (Å²) in [5.41, 5.74) is 6.20. The minimum atomic E-state index is -3.63. The predicted octanol–water partition coefficient (Wildman–Crippen LogP) is 2.44. The van der Waals surface area contributed by atoms with Gasteiger partial charge in [-0.25, -0.2) is 17.5 Å². The Morgan fingerprint density at radius 1 is 1.30 bits per heavy atom. The molecule has 2 rings (SSSR count). The van der Waals surface area contributed by atoms with E-state index in [9.17, 15) is 12.8 Å². The Hall–Kier alpha value is -0.500. The molecule has 0 amide bonds. The van der Waals surface area contributed by atoms with Gasteiger partial charge >= 0.3 is 0 Å². The lowest BCUT2D eigenvalue weighted by molar-refractivity contribution is 0.373. The van der Waals surface area contributed by atoms with Crippen molar-refractivity contribution < 1.29 is 12.8 Å². The van der Waals surface area contributed by atoms with Gasteiger partial charge in [0.25, 0.3) is 0 Å². The molecule has 0 heterocycles. The van der Waals surface area contributed by atoms with Gasteiger partial charge in [0.2, 0.25) is 10.0 Å². The molecule has 0 radical (unpaired) electrons. The van der Waals surface area contributed by atoms with Gasteiger partial charge in [-0.15, -0.1) is 0 Å². The number of benzene rings is 1. The number of nitrogens with one attached hydrogen (secondary N) is 1. The van der Waals surface area contributed by atoms with Crippen LogP contribution in [0.25, 0.3) is 0 Å². The molecule has 3 N–H and O–H groups in total. The first kappa shape index (κ1) is 15.9. The molecule has 1 aliphatic rings. The van der Waals surface area contributed by atoms with Gasteiger partial charge in [0, 0.05) is 12.1 Å². The maximum Gasteiger partial charge on any atom is 0.241 e. The summed E-state index contributed by atoms with van der Waals surface area (Å²) in [5, 5.41) is 0. The molecule has 0 aliphatic heterocycles. The van der Waals surface area contributed by atoms with Gasteiger partial charge in [-0.3, -0.25) is 0 Å². The molecule has 112 valence electrons. The molecule has 4 nitrogen and oxygen atoms in total. The first-order valence-electron chi connectivity index (χ1n) is 6.53. The second kappa shape index (κ2) is 6.09. The van der Waals surface area contributed by atoms with Crippen LogP contribution in [-0.2, 0) is 10.0 Å². The normalized spacial score (nSPS) is 23.8. The summed E-state index contributed by atoms with van der Waals surface area (Å²) in [6.45, 7) is 1.58. The molecule has 7 heteroatoms. The number of hydrogen-bond donors (Lipinski definition) is 2. The third-order valence-corrected chi connectivity index (χ3v) is 5.87. The number of rotatable bonds is 3. The molecule has 1 aromatic carbocycles. The van der Waals surface area contributed by atoms with Crippen molar-refractivity contribution in [3.63, 3.8) is 0 Å². The Balaban J connectivity index is 2.20. The van der Waals surface area contributed by atoms with Crippen molar-refractivity contribution in [2.45, 2.75) is 49.6 Å². The van der Waals surface area contributed by atoms with E-state index in [2.05, 4.69) is 20.7 Å². The SMILES string of the molecule is Cc1cc(F)c(Br)cc1S(=O)(=O)NC1CCC(N)CC1. The van der Waals surface area contributed by atoms with Gasteiger partial charge in [-0.1, -0.05) is 0 Å².